The molecule has 0 fully saturated rings. The molecule has 3 atom stereocenters. The van der Waals surface area contributed by atoms with Gasteiger partial charge in [-0.25, -0.2) is 0 Å². The molecule has 1 unspecified atom stereocenters. The maximum Gasteiger partial charge on any atom is 0.223 e. The fourth-order valence-electron chi connectivity index (χ4n) is 3.84. The number of carbonyl (C=O) groups is 1. The van der Waals surface area contributed by atoms with Crippen molar-refractivity contribution in [1.82, 2.24) is 5.32 Å². The lowest BCUT2D eigenvalue weighted by atomic mass is 9.89. The van der Waals surface area contributed by atoms with E-state index in [1.54, 1.807) is 0 Å². The van der Waals surface area contributed by atoms with E-state index in [0.29, 0.717) is 12.0 Å². The van der Waals surface area contributed by atoms with E-state index in [0.717, 1.165) is 57.9 Å². The molecule has 1 rings (SSSR count). The maximum absolute atomic E-state index is 12.5. The van der Waals surface area contributed by atoms with Crippen LogP contribution in [0, 0.1) is 11.8 Å². The summed E-state index contributed by atoms with van der Waals surface area (Å²) in [6.07, 6.45) is 11.1. The SMILES string of the molecule is CCC1CCCNC(=O)[C@H](CC)CC/C=C(/C)CC[C@H]1O[Si](C)(C)C(C)(C)C. The van der Waals surface area contributed by atoms with Gasteiger partial charge in [0.15, 0.2) is 8.32 Å². The van der Waals surface area contributed by atoms with Gasteiger partial charge < -0.3 is 9.74 Å². The van der Waals surface area contributed by atoms with Crippen LogP contribution in [-0.2, 0) is 9.22 Å². The minimum absolute atomic E-state index is 0.156. The molecule has 0 aromatic carbocycles. The highest BCUT2D eigenvalue weighted by molar-refractivity contribution is 6.74. The lowest BCUT2D eigenvalue weighted by Crippen LogP contribution is -2.46. The fraction of sp³-hybridized carbons (Fsp3) is 0.875. The Morgan fingerprint density at radius 3 is 2.39 bits per heavy atom. The Kier molecular flexibility index (Phi) is 10.5. The molecule has 0 aromatic heterocycles. The summed E-state index contributed by atoms with van der Waals surface area (Å²) in [4.78, 5) is 12.5. The zero-order chi connectivity index (χ0) is 21.4. The van der Waals surface area contributed by atoms with Crippen molar-refractivity contribution in [2.75, 3.05) is 6.54 Å². The molecular weight excluding hydrogens is 362 g/mol. The van der Waals surface area contributed by atoms with Crippen molar-refractivity contribution in [3.05, 3.63) is 11.6 Å². The van der Waals surface area contributed by atoms with E-state index in [1.165, 1.54) is 5.57 Å². The van der Waals surface area contributed by atoms with Crippen LogP contribution in [0.1, 0.15) is 92.9 Å². The number of hydrogen-bond acceptors (Lipinski definition) is 2. The molecule has 0 saturated carbocycles. The third-order valence-corrected chi connectivity index (χ3v) is 11.6. The highest BCUT2D eigenvalue weighted by Gasteiger charge is 2.40. The van der Waals surface area contributed by atoms with Crippen LogP contribution in [-0.4, -0.2) is 26.9 Å². The Morgan fingerprint density at radius 2 is 1.82 bits per heavy atom. The first kappa shape index (κ1) is 25.4. The smallest absolute Gasteiger partial charge is 0.223 e. The van der Waals surface area contributed by atoms with Gasteiger partial charge in [0.1, 0.15) is 0 Å². The van der Waals surface area contributed by atoms with Gasteiger partial charge in [-0.2, -0.15) is 0 Å². The number of hydrogen-bond donors (Lipinski definition) is 1. The van der Waals surface area contributed by atoms with E-state index in [1.807, 2.05) is 0 Å². The van der Waals surface area contributed by atoms with Crippen molar-refractivity contribution in [2.45, 2.75) is 117 Å². The Balaban J connectivity index is 2.96. The lowest BCUT2D eigenvalue weighted by Gasteiger charge is -2.41. The standard InChI is InChI=1S/C24H47NO2Si/c1-9-20-15-12-18-25-23(26)21(10-2)14-11-13-19(3)16-17-22(20)27-28(7,8)24(4,5)6/h13,20-22H,9-12,14-18H2,1-8H3,(H,25,26)/b19-13-/t20?,21-,22-/m1/s1. The third-order valence-electron chi connectivity index (χ3n) is 7.05. The summed E-state index contributed by atoms with van der Waals surface area (Å²) in [6, 6.07) is 0. The molecule has 1 N–H and O–H groups in total. The second-order valence-electron chi connectivity index (χ2n) is 10.3. The van der Waals surface area contributed by atoms with Crippen LogP contribution in [0.15, 0.2) is 11.6 Å². The maximum atomic E-state index is 12.5. The molecular formula is C24H47NO2Si. The van der Waals surface area contributed by atoms with Gasteiger partial charge in [-0.05, 0) is 75.9 Å². The second kappa shape index (κ2) is 11.5. The number of amides is 1. The van der Waals surface area contributed by atoms with Crippen LogP contribution in [0.2, 0.25) is 18.1 Å². The van der Waals surface area contributed by atoms with E-state index in [9.17, 15) is 4.79 Å². The zero-order valence-electron chi connectivity index (χ0n) is 20.0. The molecule has 1 aliphatic heterocycles. The van der Waals surface area contributed by atoms with E-state index < -0.39 is 8.32 Å². The first-order valence-corrected chi connectivity index (χ1v) is 14.5. The Bertz CT molecular complexity index is 507. The molecule has 1 aliphatic rings. The number of carbonyl (C=O) groups excluding carboxylic acids is 1. The van der Waals surface area contributed by atoms with Crippen LogP contribution in [0.5, 0.6) is 0 Å². The van der Waals surface area contributed by atoms with Gasteiger partial charge in [-0.15, -0.1) is 0 Å². The molecule has 0 aliphatic carbocycles. The van der Waals surface area contributed by atoms with E-state index in [2.05, 4.69) is 66.0 Å². The Morgan fingerprint density at radius 1 is 1.14 bits per heavy atom. The fourth-order valence-corrected chi connectivity index (χ4v) is 5.26. The molecule has 0 aromatic rings. The second-order valence-corrected chi connectivity index (χ2v) is 15.0. The first-order valence-electron chi connectivity index (χ1n) is 11.6. The summed E-state index contributed by atoms with van der Waals surface area (Å²) in [5.74, 6) is 0.972. The normalized spacial score (nSPS) is 28.8. The van der Waals surface area contributed by atoms with Gasteiger partial charge in [0.2, 0.25) is 5.91 Å². The van der Waals surface area contributed by atoms with E-state index in [-0.39, 0.29) is 16.9 Å². The van der Waals surface area contributed by atoms with E-state index >= 15 is 0 Å². The summed E-state index contributed by atoms with van der Waals surface area (Å²) in [7, 11) is -1.80. The molecule has 28 heavy (non-hydrogen) atoms. The molecule has 0 spiro atoms. The van der Waals surface area contributed by atoms with Crippen LogP contribution in [0.25, 0.3) is 0 Å². The van der Waals surface area contributed by atoms with Crippen LogP contribution >= 0.6 is 0 Å². The highest BCUT2D eigenvalue weighted by Crippen LogP contribution is 2.39. The van der Waals surface area contributed by atoms with Gasteiger partial charge in [-0.3, -0.25) is 4.79 Å². The van der Waals surface area contributed by atoms with Crippen molar-refractivity contribution in [3.63, 3.8) is 0 Å². The van der Waals surface area contributed by atoms with Crippen LogP contribution in [0.4, 0.5) is 0 Å². The molecule has 0 radical (unpaired) electrons. The minimum Gasteiger partial charge on any atom is -0.414 e. The third kappa shape index (κ3) is 8.02. The Labute approximate surface area is 176 Å². The van der Waals surface area contributed by atoms with E-state index in [4.69, 9.17) is 4.43 Å². The molecule has 1 amide bonds. The van der Waals surface area contributed by atoms with Crippen LogP contribution < -0.4 is 5.32 Å². The van der Waals surface area contributed by atoms with Crippen molar-refractivity contribution in [1.29, 1.82) is 0 Å². The number of nitrogens with one attached hydrogen (secondary N) is 1. The van der Waals surface area contributed by atoms with Crippen molar-refractivity contribution < 1.29 is 9.22 Å². The average Bonchev–Trinajstić information content (AvgIpc) is 2.60. The van der Waals surface area contributed by atoms with Crippen molar-refractivity contribution in [2.24, 2.45) is 11.8 Å². The number of allylic oxidation sites excluding steroid dienone is 2. The molecule has 1 heterocycles. The summed E-state index contributed by atoms with van der Waals surface area (Å²) in [6.45, 7) is 19.2. The summed E-state index contributed by atoms with van der Waals surface area (Å²) >= 11 is 0. The lowest BCUT2D eigenvalue weighted by molar-refractivity contribution is -0.125. The highest BCUT2D eigenvalue weighted by atomic mass is 28.4. The largest absolute Gasteiger partial charge is 0.414 e. The van der Waals surface area contributed by atoms with Crippen molar-refractivity contribution in [3.8, 4) is 0 Å². The quantitative estimate of drug-likeness (QED) is 0.407. The summed E-state index contributed by atoms with van der Waals surface area (Å²) in [5.41, 5.74) is 1.45. The predicted molar refractivity (Wildman–Crippen MR) is 124 cm³/mol. The predicted octanol–water partition coefficient (Wildman–Crippen LogP) is 6.85. The van der Waals surface area contributed by atoms with Gasteiger partial charge in [-0.1, -0.05) is 52.7 Å². The molecule has 0 bridgehead atoms. The summed E-state index contributed by atoms with van der Waals surface area (Å²) in [5, 5.41) is 3.42. The topological polar surface area (TPSA) is 38.3 Å². The van der Waals surface area contributed by atoms with Gasteiger partial charge in [0, 0.05) is 18.6 Å². The Hall–Kier alpha value is -0.613. The number of rotatable bonds is 4. The van der Waals surface area contributed by atoms with Gasteiger partial charge in [0.25, 0.3) is 0 Å². The monoisotopic (exact) mass is 409 g/mol. The first-order chi connectivity index (χ1) is 13.0. The zero-order valence-corrected chi connectivity index (χ0v) is 21.0. The molecule has 3 nitrogen and oxygen atoms in total. The molecule has 4 heteroatoms. The summed E-state index contributed by atoms with van der Waals surface area (Å²) < 4.78 is 6.93. The van der Waals surface area contributed by atoms with Crippen molar-refractivity contribution >= 4 is 14.2 Å². The van der Waals surface area contributed by atoms with Gasteiger partial charge in [0.05, 0.1) is 0 Å². The average molecular weight is 410 g/mol. The minimum atomic E-state index is -1.80. The molecule has 0 saturated heterocycles. The van der Waals surface area contributed by atoms with Crippen LogP contribution in [0.3, 0.4) is 0 Å². The van der Waals surface area contributed by atoms with Gasteiger partial charge >= 0.3 is 0 Å². The molecule has 164 valence electrons.